The number of nitrogens with zero attached hydrogens (tertiary/aromatic N) is 1. The minimum Gasteiger partial charge on any atom is -0.451 e. The van der Waals surface area contributed by atoms with Gasteiger partial charge in [-0.1, -0.05) is 17.7 Å². The van der Waals surface area contributed by atoms with Crippen molar-refractivity contribution >= 4 is 35.1 Å². The standard InChI is InChI=1S/C16H11ClN2O2S/c17-12-5-3-11(4-6-12)14-7-8-15(21-14)16(20)19-18-10-13-2-1-9-22-13/h1-10H,(H,19,20)/b18-10+. The number of carbonyl (C=O) groups excluding carboxylic acids is 1. The molecule has 110 valence electrons. The Bertz CT molecular complexity index is 792. The molecule has 0 saturated carbocycles. The first-order valence-electron chi connectivity index (χ1n) is 6.45. The van der Waals surface area contributed by atoms with Crippen molar-refractivity contribution in [3.8, 4) is 11.3 Å². The molecule has 2 aromatic heterocycles. The average molecular weight is 331 g/mol. The van der Waals surface area contributed by atoms with Crippen LogP contribution in [0.25, 0.3) is 11.3 Å². The molecule has 1 N–H and O–H groups in total. The number of nitrogens with one attached hydrogen (secondary N) is 1. The Morgan fingerprint density at radius 3 is 2.73 bits per heavy atom. The van der Waals surface area contributed by atoms with Gasteiger partial charge >= 0.3 is 5.91 Å². The highest BCUT2D eigenvalue weighted by molar-refractivity contribution is 7.11. The molecule has 0 fully saturated rings. The number of hydrogen-bond donors (Lipinski definition) is 1. The van der Waals surface area contributed by atoms with Crippen LogP contribution in [-0.4, -0.2) is 12.1 Å². The third kappa shape index (κ3) is 3.44. The number of rotatable bonds is 4. The zero-order valence-electron chi connectivity index (χ0n) is 11.3. The number of benzene rings is 1. The second-order valence-electron chi connectivity index (χ2n) is 4.39. The maximum absolute atomic E-state index is 11.9. The maximum Gasteiger partial charge on any atom is 0.307 e. The topological polar surface area (TPSA) is 54.6 Å². The fraction of sp³-hybridized carbons (Fsp3) is 0. The Labute approximate surface area is 136 Å². The number of halogens is 1. The van der Waals surface area contributed by atoms with Gasteiger partial charge in [0.05, 0.1) is 6.21 Å². The summed E-state index contributed by atoms with van der Waals surface area (Å²) >= 11 is 7.38. The molecule has 0 aliphatic heterocycles. The second-order valence-corrected chi connectivity index (χ2v) is 5.80. The summed E-state index contributed by atoms with van der Waals surface area (Å²) in [6.45, 7) is 0. The van der Waals surface area contributed by atoms with Crippen LogP contribution in [0.3, 0.4) is 0 Å². The largest absolute Gasteiger partial charge is 0.451 e. The average Bonchev–Trinajstić information content (AvgIpc) is 3.19. The first-order valence-corrected chi connectivity index (χ1v) is 7.71. The molecular weight excluding hydrogens is 320 g/mol. The molecule has 4 nitrogen and oxygen atoms in total. The number of furan rings is 1. The molecule has 3 aromatic rings. The van der Waals surface area contributed by atoms with Crippen LogP contribution in [-0.2, 0) is 0 Å². The summed E-state index contributed by atoms with van der Waals surface area (Å²) in [7, 11) is 0. The van der Waals surface area contributed by atoms with E-state index in [4.69, 9.17) is 16.0 Å². The first-order chi connectivity index (χ1) is 10.7. The van der Waals surface area contributed by atoms with Crippen molar-refractivity contribution in [2.45, 2.75) is 0 Å². The van der Waals surface area contributed by atoms with Crippen molar-refractivity contribution in [2.75, 3.05) is 0 Å². The van der Waals surface area contributed by atoms with E-state index >= 15 is 0 Å². The molecule has 0 aliphatic rings. The minimum absolute atomic E-state index is 0.202. The predicted molar refractivity (Wildman–Crippen MR) is 88.5 cm³/mol. The Morgan fingerprint density at radius 1 is 1.18 bits per heavy atom. The van der Waals surface area contributed by atoms with Gasteiger partial charge in [-0.25, -0.2) is 5.43 Å². The fourth-order valence-corrected chi connectivity index (χ4v) is 2.51. The van der Waals surface area contributed by atoms with E-state index in [9.17, 15) is 4.79 Å². The van der Waals surface area contributed by atoms with E-state index in [0.29, 0.717) is 10.8 Å². The van der Waals surface area contributed by atoms with Crippen molar-refractivity contribution < 1.29 is 9.21 Å². The van der Waals surface area contributed by atoms with Gasteiger partial charge in [0.1, 0.15) is 5.76 Å². The maximum atomic E-state index is 11.9. The van der Waals surface area contributed by atoms with Gasteiger partial charge in [0.2, 0.25) is 0 Å². The van der Waals surface area contributed by atoms with Crippen LogP contribution in [0, 0.1) is 0 Å². The molecule has 2 heterocycles. The zero-order chi connectivity index (χ0) is 15.4. The monoisotopic (exact) mass is 330 g/mol. The Hall–Kier alpha value is -2.37. The van der Waals surface area contributed by atoms with E-state index in [2.05, 4.69) is 10.5 Å². The number of hydrazone groups is 1. The number of carbonyl (C=O) groups is 1. The lowest BCUT2D eigenvalue weighted by atomic mass is 10.2. The molecule has 6 heteroatoms. The highest BCUT2D eigenvalue weighted by Gasteiger charge is 2.11. The first kappa shape index (κ1) is 14.6. The predicted octanol–water partition coefficient (Wildman–Crippen LogP) is 4.43. The van der Waals surface area contributed by atoms with Gasteiger partial charge in [0, 0.05) is 15.5 Å². The molecular formula is C16H11ClN2O2S. The van der Waals surface area contributed by atoms with Crippen LogP contribution < -0.4 is 5.43 Å². The fourth-order valence-electron chi connectivity index (χ4n) is 1.80. The summed E-state index contributed by atoms with van der Waals surface area (Å²) in [5, 5.41) is 6.48. The molecule has 0 atom stereocenters. The molecule has 1 amide bonds. The summed E-state index contributed by atoms with van der Waals surface area (Å²) in [4.78, 5) is 12.9. The van der Waals surface area contributed by atoms with E-state index in [1.165, 1.54) is 11.3 Å². The smallest absolute Gasteiger partial charge is 0.307 e. The van der Waals surface area contributed by atoms with Crippen molar-refractivity contribution in [3.63, 3.8) is 0 Å². The molecule has 3 rings (SSSR count). The van der Waals surface area contributed by atoms with E-state index in [1.807, 2.05) is 29.6 Å². The normalized spacial score (nSPS) is 11.0. The Balaban J connectivity index is 1.68. The SMILES string of the molecule is O=C(N/N=C/c1cccs1)c1ccc(-c2ccc(Cl)cc2)o1. The van der Waals surface area contributed by atoms with Crippen molar-refractivity contribution in [3.05, 3.63) is 69.6 Å². The summed E-state index contributed by atoms with van der Waals surface area (Å²) < 4.78 is 5.53. The zero-order valence-corrected chi connectivity index (χ0v) is 12.9. The summed E-state index contributed by atoms with van der Waals surface area (Å²) in [6, 6.07) is 14.4. The number of thiophene rings is 1. The lowest BCUT2D eigenvalue weighted by Crippen LogP contribution is -2.16. The van der Waals surface area contributed by atoms with Crippen LogP contribution in [0.1, 0.15) is 15.4 Å². The lowest BCUT2D eigenvalue weighted by molar-refractivity contribution is 0.0928. The van der Waals surface area contributed by atoms with E-state index < -0.39 is 5.91 Å². The van der Waals surface area contributed by atoms with Gasteiger partial charge in [0.15, 0.2) is 5.76 Å². The molecule has 0 unspecified atom stereocenters. The summed E-state index contributed by atoms with van der Waals surface area (Å²) in [6.07, 6.45) is 1.59. The minimum atomic E-state index is -0.395. The highest BCUT2D eigenvalue weighted by Crippen LogP contribution is 2.23. The second kappa shape index (κ2) is 6.60. The van der Waals surface area contributed by atoms with E-state index in [1.54, 1.807) is 30.5 Å². The Morgan fingerprint density at radius 2 is 2.00 bits per heavy atom. The third-order valence-electron chi connectivity index (χ3n) is 2.86. The van der Waals surface area contributed by atoms with E-state index in [0.717, 1.165) is 10.4 Å². The Kier molecular flexibility index (Phi) is 4.37. The summed E-state index contributed by atoms with van der Waals surface area (Å²) in [5.41, 5.74) is 3.29. The van der Waals surface area contributed by atoms with Gasteiger partial charge < -0.3 is 4.42 Å². The van der Waals surface area contributed by atoms with Crippen LogP contribution in [0.4, 0.5) is 0 Å². The van der Waals surface area contributed by atoms with Crippen molar-refractivity contribution in [1.29, 1.82) is 0 Å². The summed E-state index contributed by atoms with van der Waals surface area (Å²) in [5.74, 6) is 0.408. The number of amides is 1. The van der Waals surface area contributed by atoms with Gasteiger partial charge in [-0.15, -0.1) is 11.3 Å². The molecule has 0 spiro atoms. The molecule has 0 radical (unpaired) electrons. The van der Waals surface area contributed by atoms with Crippen LogP contribution >= 0.6 is 22.9 Å². The molecule has 0 saturated heterocycles. The van der Waals surface area contributed by atoms with Crippen LogP contribution in [0.5, 0.6) is 0 Å². The van der Waals surface area contributed by atoms with Crippen LogP contribution in [0.15, 0.2) is 63.4 Å². The lowest BCUT2D eigenvalue weighted by Gasteiger charge is -1.98. The molecule has 0 bridgehead atoms. The third-order valence-corrected chi connectivity index (χ3v) is 3.92. The van der Waals surface area contributed by atoms with Crippen molar-refractivity contribution in [2.24, 2.45) is 5.10 Å². The quantitative estimate of drug-likeness (QED) is 0.568. The van der Waals surface area contributed by atoms with Gasteiger partial charge in [-0.05, 0) is 47.8 Å². The van der Waals surface area contributed by atoms with E-state index in [-0.39, 0.29) is 5.76 Å². The van der Waals surface area contributed by atoms with Crippen molar-refractivity contribution in [1.82, 2.24) is 5.43 Å². The van der Waals surface area contributed by atoms with Gasteiger partial charge in [-0.2, -0.15) is 5.10 Å². The molecule has 1 aromatic carbocycles. The number of hydrogen-bond acceptors (Lipinski definition) is 4. The molecule has 22 heavy (non-hydrogen) atoms. The van der Waals surface area contributed by atoms with Gasteiger partial charge in [0.25, 0.3) is 0 Å². The van der Waals surface area contributed by atoms with Crippen LogP contribution in [0.2, 0.25) is 5.02 Å². The molecule has 0 aliphatic carbocycles. The van der Waals surface area contributed by atoms with Gasteiger partial charge in [-0.3, -0.25) is 4.79 Å². The highest BCUT2D eigenvalue weighted by atomic mass is 35.5.